The van der Waals surface area contributed by atoms with Crippen LogP contribution in [-0.2, 0) is 14.3 Å². The van der Waals surface area contributed by atoms with Crippen molar-refractivity contribution in [2.45, 2.75) is 53.5 Å². The van der Waals surface area contributed by atoms with Gasteiger partial charge in [0.15, 0.2) is 16.6 Å². The van der Waals surface area contributed by atoms with Gasteiger partial charge in [-0.3, -0.25) is 14.5 Å². The van der Waals surface area contributed by atoms with Crippen molar-refractivity contribution in [3.63, 3.8) is 0 Å². The molecule has 0 bridgehead atoms. The van der Waals surface area contributed by atoms with Gasteiger partial charge in [0.1, 0.15) is 16.4 Å². The van der Waals surface area contributed by atoms with Crippen LogP contribution in [0.5, 0.6) is 17.2 Å². The Kier molecular flexibility index (Phi) is 10.6. The Morgan fingerprint density at radius 3 is 2.52 bits per heavy atom. The molecule has 1 fully saturated rings. The third kappa shape index (κ3) is 6.88. The van der Waals surface area contributed by atoms with Gasteiger partial charge < -0.3 is 24.1 Å². The van der Waals surface area contributed by atoms with Crippen molar-refractivity contribution in [3.8, 4) is 17.2 Å². The highest BCUT2D eigenvalue weighted by molar-refractivity contribution is 7.17. The Hall–Kier alpha value is -4.38. The van der Waals surface area contributed by atoms with E-state index in [2.05, 4.69) is 18.8 Å². The third-order valence-electron chi connectivity index (χ3n) is 6.93. The Bertz CT molecular complexity index is 1560. The highest BCUT2D eigenvalue weighted by atomic mass is 32.1. The molecule has 0 radical (unpaired) electrons. The number of benzene rings is 2. The Morgan fingerprint density at radius 1 is 1.07 bits per heavy atom. The molecule has 3 aromatic rings. The lowest BCUT2D eigenvalue weighted by Crippen LogP contribution is -2.29. The largest absolute Gasteiger partial charge is 0.507 e. The van der Waals surface area contributed by atoms with Crippen LogP contribution in [0.2, 0.25) is 0 Å². The van der Waals surface area contributed by atoms with E-state index in [-0.39, 0.29) is 27.9 Å². The number of aliphatic hydroxyl groups excluding tert-OH is 1. The maximum absolute atomic E-state index is 13.7. The Morgan fingerprint density at radius 2 is 1.84 bits per heavy atom. The number of ketones is 1. The second-order valence-electron chi connectivity index (χ2n) is 10.6. The first-order valence-electron chi connectivity index (χ1n) is 14.6. The molecule has 1 N–H and O–H groups in total. The zero-order chi connectivity index (χ0) is 32.0. The number of aryl methyl sites for hydroxylation is 1. The number of carbonyl (C=O) groups is 3. The van der Waals surface area contributed by atoms with E-state index in [1.165, 1.54) is 12.0 Å². The molecule has 1 aliphatic rings. The van der Waals surface area contributed by atoms with E-state index in [0.29, 0.717) is 53.2 Å². The number of amides is 1. The average molecular weight is 623 g/mol. The minimum absolute atomic E-state index is 0.118. The summed E-state index contributed by atoms with van der Waals surface area (Å²) in [4.78, 5) is 45.9. The number of Topliss-reactive ketones (excluding diaryl/α,β-unsaturated/α-hetero) is 1. The number of rotatable bonds is 13. The van der Waals surface area contributed by atoms with Gasteiger partial charge in [-0.1, -0.05) is 50.3 Å². The number of nitrogens with zero attached hydrogens (tertiary/aromatic N) is 2. The van der Waals surface area contributed by atoms with Gasteiger partial charge in [-0.25, -0.2) is 9.78 Å². The monoisotopic (exact) mass is 622 g/mol. The number of methoxy groups -OCH3 is 1. The lowest BCUT2D eigenvalue weighted by Gasteiger charge is -2.24. The van der Waals surface area contributed by atoms with Crippen molar-refractivity contribution in [1.29, 1.82) is 0 Å². The summed E-state index contributed by atoms with van der Waals surface area (Å²) in [7, 11) is 1.50. The second kappa shape index (κ2) is 14.4. The van der Waals surface area contributed by atoms with Gasteiger partial charge in [-0.2, -0.15) is 0 Å². The van der Waals surface area contributed by atoms with Crippen LogP contribution in [0.25, 0.3) is 5.76 Å². The number of carbonyl (C=O) groups excluding carboxylic acids is 3. The van der Waals surface area contributed by atoms with Gasteiger partial charge in [0.05, 0.1) is 44.2 Å². The molecule has 0 aliphatic carbocycles. The van der Waals surface area contributed by atoms with Crippen molar-refractivity contribution >= 4 is 39.9 Å². The van der Waals surface area contributed by atoms with E-state index in [1.807, 2.05) is 6.92 Å². The topological polar surface area (TPSA) is 124 Å². The summed E-state index contributed by atoms with van der Waals surface area (Å²) in [6, 6.07) is 10.7. The molecule has 10 nitrogen and oxygen atoms in total. The third-order valence-corrected chi connectivity index (χ3v) is 8.07. The summed E-state index contributed by atoms with van der Waals surface area (Å²) in [5, 5.41) is 11.7. The van der Waals surface area contributed by atoms with Gasteiger partial charge in [0.25, 0.3) is 5.78 Å². The molecule has 0 saturated carbocycles. The van der Waals surface area contributed by atoms with Crippen molar-refractivity contribution < 1.29 is 38.4 Å². The maximum atomic E-state index is 13.7. The fraction of sp³-hybridized carbons (Fsp3) is 0.394. The fourth-order valence-corrected chi connectivity index (χ4v) is 5.69. The van der Waals surface area contributed by atoms with Gasteiger partial charge in [0, 0.05) is 5.56 Å². The van der Waals surface area contributed by atoms with Crippen LogP contribution >= 0.6 is 11.3 Å². The number of esters is 1. The summed E-state index contributed by atoms with van der Waals surface area (Å²) in [6.45, 7) is 10.6. The first kappa shape index (κ1) is 32.5. The standard InChI is InChI=1S/C33H38N2O8S/c1-7-15-42-23-11-9-10-22(17-23)28(36)26-27(21-12-13-24(25(18-21)40-6)43-16-14-19(3)4)35(31(38)29(26)37)33-34-20(5)30(44-33)32(39)41-8-2/h9-13,17-19,27,36H,7-8,14-16H2,1-6H3. The first-order valence-corrected chi connectivity index (χ1v) is 15.4. The summed E-state index contributed by atoms with van der Waals surface area (Å²) >= 11 is 0.944. The summed E-state index contributed by atoms with van der Waals surface area (Å²) in [5.41, 5.74) is 1.01. The summed E-state index contributed by atoms with van der Waals surface area (Å²) in [5.74, 6) is -0.862. The molecule has 0 spiro atoms. The Balaban J connectivity index is 1.87. The highest BCUT2D eigenvalue weighted by Gasteiger charge is 2.48. The van der Waals surface area contributed by atoms with Crippen molar-refractivity contribution in [3.05, 3.63) is 69.7 Å². The molecular weight excluding hydrogens is 584 g/mol. The molecule has 1 saturated heterocycles. The van der Waals surface area contributed by atoms with Gasteiger partial charge in [0.2, 0.25) is 0 Å². The molecule has 2 heterocycles. The van der Waals surface area contributed by atoms with Gasteiger partial charge in [-0.15, -0.1) is 0 Å². The van der Waals surface area contributed by atoms with Crippen LogP contribution in [0, 0.1) is 12.8 Å². The summed E-state index contributed by atoms with van der Waals surface area (Å²) in [6.07, 6.45) is 1.64. The molecule has 1 aliphatic heterocycles. The van der Waals surface area contributed by atoms with Crippen LogP contribution in [0.15, 0.2) is 48.0 Å². The van der Waals surface area contributed by atoms with Crippen LogP contribution in [0.4, 0.5) is 5.13 Å². The molecule has 1 aromatic heterocycles. The fourth-order valence-electron chi connectivity index (χ4n) is 4.70. The zero-order valence-electron chi connectivity index (χ0n) is 25.8. The number of thiazole rings is 1. The van der Waals surface area contributed by atoms with Gasteiger partial charge >= 0.3 is 11.9 Å². The molecule has 1 amide bonds. The van der Waals surface area contributed by atoms with Crippen LogP contribution in [0.3, 0.4) is 0 Å². The number of hydrogen-bond donors (Lipinski definition) is 1. The van der Waals surface area contributed by atoms with Crippen LogP contribution < -0.4 is 19.1 Å². The number of hydrogen-bond acceptors (Lipinski definition) is 10. The average Bonchev–Trinajstić information content (AvgIpc) is 3.52. The minimum atomic E-state index is -1.09. The molecule has 44 heavy (non-hydrogen) atoms. The van der Waals surface area contributed by atoms with Crippen LogP contribution in [0.1, 0.15) is 73.1 Å². The Labute approximate surface area is 261 Å². The van der Waals surface area contributed by atoms with E-state index in [4.69, 9.17) is 18.9 Å². The summed E-state index contributed by atoms with van der Waals surface area (Å²) < 4.78 is 22.5. The molecule has 2 aromatic carbocycles. The predicted octanol–water partition coefficient (Wildman–Crippen LogP) is 6.48. The quantitative estimate of drug-likeness (QED) is 0.0987. The molecule has 11 heteroatoms. The highest BCUT2D eigenvalue weighted by Crippen LogP contribution is 2.45. The second-order valence-corrected chi connectivity index (χ2v) is 11.6. The predicted molar refractivity (Wildman–Crippen MR) is 168 cm³/mol. The molecule has 234 valence electrons. The van der Waals surface area contributed by atoms with Crippen molar-refractivity contribution in [2.24, 2.45) is 5.92 Å². The first-order chi connectivity index (χ1) is 21.1. The number of ether oxygens (including phenoxy) is 4. The van der Waals surface area contributed by atoms with E-state index in [1.54, 1.807) is 56.3 Å². The normalized spacial score (nSPS) is 16.0. The molecule has 1 atom stereocenters. The lowest BCUT2D eigenvalue weighted by atomic mass is 9.95. The SMILES string of the molecule is CCCOc1cccc(C(O)=C2C(=O)C(=O)N(c3nc(C)c(C(=O)OCC)s3)C2c2ccc(OCCC(C)C)c(OC)c2)c1. The molecular formula is C33H38N2O8S. The van der Waals surface area contributed by atoms with E-state index in [9.17, 15) is 19.5 Å². The smallest absolute Gasteiger partial charge is 0.350 e. The zero-order valence-corrected chi connectivity index (χ0v) is 26.7. The lowest BCUT2D eigenvalue weighted by molar-refractivity contribution is -0.132. The van der Waals surface area contributed by atoms with Crippen LogP contribution in [-0.4, -0.2) is 54.7 Å². The maximum Gasteiger partial charge on any atom is 0.350 e. The minimum Gasteiger partial charge on any atom is -0.507 e. The van der Waals surface area contributed by atoms with E-state index >= 15 is 0 Å². The van der Waals surface area contributed by atoms with Crippen molar-refractivity contribution in [1.82, 2.24) is 4.98 Å². The van der Waals surface area contributed by atoms with E-state index in [0.717, 1.165) is 24.2 Å². The number of aliphatic hydroxyl groups is 1. The number of aromatic nitrogens is 1. The van der Waals surface area contributed by atoms with E-state index < -0.39 is 23.7 Å². The number of anilines is 1. The van der Waals surface area contributed by atoms with Crippen molar-refractivity contribution in [2.75, 3.05) is 31.8 Å². The molecule has 4 rings (SSSR count). The van der Waals surface area contributed by atoms with Gasteiger partial charge in [-0.05, 0) is 62.4 Å². The molecule has 1 unspecified atom stereocenters.